The van der Waals surface area contributed by atoms with Gasteiger partial charge in [0.25, 0.3) is 0 Å². The van der Waals surface area contributed by atoms with Gasteiger partial charge in [0.05, 0.1) is 0 Å². The Hall–Kier alpha value is -1.80. The largest absolute Gasteiger partial charge is 0.457 e. The van der Waals surface area contributed by atoms with E-state index >= 15 is 0 Å². The lowest BCUT2D eigenvalue weighted by Crippen LogP contribution is -2.10. The van der Waals surface area contributed by atoms with E-state index in [0.29, 0.717) is 6.54 Å². The van der Waals surface area contributed by atoms with Gasteiger partial charge in [0.15, 0.2) is 0 Å². The van der Waals surface area contributed by atoms with Crippen molar-refractivity contribution in [1.82, 2.24) is 0 Å². The molecule has 0 unspecified atom stereocenters. The molecule has 2 aromatic carbocycles. The molecule has 112 valence electrons. The van der Waals surface area contributed by atoms with Crippen molar-refractivity contribution in [1.29, 1.82) is 0 Å². The van der Waals surface area contributed by atoms with Crippen molar-refractivity contribution in [2.75, 3.05) is 6.54 Å². The fraction of sp³-hybridized carbons (Fsp3) is 0.368. The molecule has 2 aromatic rings. The zero-order valence-electron chi connectivity index (χ0n) is 13.4. The van der Waals surface area contributed by atoms with Gasteiger partial charge in [0.1, 0.15) is 11.5 Å². The summed E-state index contributed by atoms with van der Waals surface area (Å²) in [7, 11) is 0. The topological polar surface area (TPSA) is 35.2 Å². The van der Waals surface area contributed by atoms with E-state index in [9.17, 15) is 0 Å². The maximum atomic E-state index is 6.02. The standard InChI is InChI=1S/C19H25NO/c1-14-5-6-15(11-12-20)13-18(14)21-17-9-7-16(8-10-17)19(2,3)4/h5-10,13H,11-12,20H2,1-4H3. The molecule has 0 atom stereocenters. The van der Waals surface area contributed by atoms with E-state index in [1.807, 2.05) is 12.1 Å². The van der Waals surface area contributed by atoms with Crippen LogP contribution in [0, 0.1) is 6.92 Å². The zero-order valence-corrected chi connectivity index (χ0v) is 13.4. The summed E-state index contributed by atoms with van der Waals surface area (Å²) in [6, 6.07) is 14.6. The van der Waals surface area contributed by atoms with E-state index in [4.69, 9.17) is 10.5 Å². The number of rotatable bonds is 4. The number of benzene rings is 2. The molecular formula is C19H25NO. The minimum atomic E-state index is 0.162. The molecule has 21 heavy (non-hydrogen) atoms. The summed E-state index contributed by atoms with van der Waals surface area (Å²) in [5.74, 6) is 1.78. The highest BCUT2D eigenvalue weighted by molar-refractivity contribution is 5.41. The van der Waals surface area contributed by atoms with Gasteiger partial charge in [-0.15, -0.1) is 0 Å². The monoisotopic (exact) mass is 283 g/mol. The quantitative estimate of drug-likeness (QED) is 0.891. The van der Waals surface area contributed by atoms with Gasteiger partial charge in [0.2, 0.25) is 0 Å². The normalized spacial score (nSPS) is 11.5. The predicted octanol–water partition coefficient (Wildman–Crippen LogP) is 4.59. The molecule has 2 nitrogen and oxygen atoms in total. The lowest BCUT2D eigenvalue weighted by molar-refractivity contribution is 0.477. The number of hydrogen-bond acceptors (Lipinski definition) is 2. The van der Waals surface area contributed by atoms with Gasteiger partial charge < -0.3 is 10.5 Å². The Bertz CT molecular complexity index is 594. The maximum Gasteiger partial charge on any atom is 0.130 e. The SMILES string of the molecule is Cc1ccc(CCN)cc1Oc1ccc(C(C)(C)C)cc1. The summed E-state index contributed by atoms with van der Waals surface area (Å²) in [5.41, 5.74) is 9.44. The first-order chi connectivity index (χ1) is 9.90. The molecule has 0 amide bonds. The molecule has 0 fully saturated rings. The second-order valence-corrected chi connectivity index (χ2v) is 6.51. The lowest BCUT2D eigenvalue weighted by Gasteiger charge is -2.19. The fourth-order valence-electron chi connectivity index (χ4n) is 2.23. The molecule has 0 aliphatic rings. The summed E-state index contributed by atoms with van der Waals surface area (Å²) in [5, 5.41) is 0. The van der Waals surface area contributed by atoms with Crippen molar-refractivity contribution >= 4 is 0 Å². The molecule has 0 aliphatic heterocycles. The molecule has 2 N–H and O–H groups in total. The van der Waals surface area contributed by atoms with Crippen LogP contribution in [0.2, 0.25) is 0 Å². The van der Waals surface area contributed by atoms with E-state index in [-0.39, 0.29) is 5.41 Å². The molecule has 0 aromatic heterocycles. The van der Waals surface area contributed by atoms with E-state index in [1.54, 1.807) is 0 Å². The Labute approximate surface area is 127 Å². The van der Waals surface area contributed by atoms with Crippen molar-refractivity contribution in [3.8, 4) is 11.5 Å². The Morgan fingerprint density at radius 2 is 1.67 bits per heavy atom. The van der Waals surface area contributed by atoms with Crippen LogP contribution in [-0.2, 0) is 11.8 Å². The van der Waals surface area contributed by atoms with Gasteiger partial charge in [-0.1, -0.05) is 45.0 Å². The number of aryl methyl sites for hydroxylation is 1. The predicted molar refractivity (Wildman–Crippen MR) is 89.2 cm³/mol. The Morgan fingerprint density at radius 3 is 2.24 bits per heavy atom. The van der Waals surface area contributed by atoms with Crippen molar-refractivity contribution in [3.63, 3.8) is 0 Å². The van der Waals surface area contributed by atoms with Crippen molar-refractivity contribution < 1.29 is 4.74 Å². The number of hydrogen-bond donors (Lipinski definition) is 1. The molecule has 2 heteroatoms. The van der Waals surface area contributed by atoms with Gasteiger partial charge in [0, 0.05) is 0 Å². The summed E-state index contributed by atoms with van der Waals surface area (Å²) in [6.45, 7) is 9.35. The van der Waals surface area contributed by atoms with E-state index in [1.165, 1.54) is 11.1 Å². The van der Waals surface area contributed by atoms with Gasteiger partial charge in [-0.3, -0.25) is 0 Å². The van der Waals surface area contributed by atoms with Gasteiger partial charge in [-0.25, -0.2) is 0 Å². The highest BCUT2D eigenvalue weighted by Gasteiger charge is 2.13. The Kier molecular flexibility index (Phi) is 4.69. The zero-order chi connectivity index (χ0) is 15.5. The molecule has 0 bridgehead atoms. The van der Waals surface area contributed by atoms with Gasteiger partial charge >= 0.3 is 0 Å². The summed E-state index contributed by atoms with van der Waals surface area (Å²) < 4.78 is 6.02. The first kappa shape index (κ1) is 15.6. The van der Waals surface area contributed by atoms with Crippen LogP contribution in [0.1, 0.15) is 37.5 Å². The fourth-order valence-corrected chi connectivity index (χ4v) is 2.23. The third-order valence-corrected chi connectivity index (χ3v) is 3.63. The van der Waals surface area contributed by atoms with Gasteiger partial charge in [-0.05, 0) is 60.2 Å². The van der Waals surface area contributed by atoms with Gasteiger partial charge in [-0.2, -0.15) is 0 Å². The maximum absolute atomic E-state index is 6.02. The van der Waals surface area contributed by atoms with Crippen LogP contribution in [0.25, 0.3) is 0 Å². The van der Waals surface area contributed by atoms with Crippen LogP contribution >= 0.6 is 0 Å². The lowest BCUT2D eigenvalue weighted by atomic mass is 9.87. The van der Waals surface area contributed by atoms with Crippen LogP contribution in [0.4, 0.5) is 0 Å². The molecule has 0 spiro atoms. The van der Waals surface area contributed by atoms with Crippen molar-refractivity contribution in [2.24, 2.45) is 5.73 Å². The smallest absolute Gasteiger partial charge is 0.130 e. The first-order valence-electron chi connectivity index (χ1n) is 7.48. The van der Waals surface area contributed by atoms with E-state index < -0.39 is 0 Å². The summed E-state index contributed by atoms with van der Waals surface area (Å²) in [4.78, 5) is 0. The molecule has 0 aliphatic carbocycles. The molecule has 0 heterocycles. The highest BCUT2D eigenvalue weighted by Crippen LogP contribution is 2.29. The minimum Gasteiger partial charge on any atom is -0.457 e. The van der Waals surface area contributed by atoms with E-state index in [2.05, 4.69) is 58.0 Å². The molecule has 0 radical (unpaired) electrons. The third kappa shape index (κ3) is 4.08. The average molecular weight is 283 g/mol. The van der Waals surface area contributed by atoms with Crippen LogP contribution in [-0.4, -0.2) is 6.54 Å². The molecular weight excluding hydrogens is 258 g/mol. The molecule has 2 rings (SSSR count). The average Bonchev–Trinajstić information content (AvgIpc) is 2.42. The number of ether oxygens (including phenoxy) is 1. The molecule has 0 saturated heterocycles. The van der Waals surface area contributed by atoms with Crippen molar-refractivity contribution in [3.05, 3.63) is 59.2 Å². The van der Waals surface area contributed by atoms with Crippen molar-refractivity contribution in [2.45, 2.75) is 39.5 Å². The Balaban J connectivity index is 2.20. The Morgan fingerprint density at radius 1 is 1.00 bits per heavy atom. The second kappa shape index (κ2) is 6.31. The second-order valence-electron chi connectivity index (χ2n) is 6.51. The first-order valence-corrected chi connectivity index (χ1v) is 7.48. The van der Waals surface area contributed by atoms with Crippen LogP contribution in [0.15, 0.2) is 42.5 Å². The summed E-state index contributed by atoms with van der Waals surface area (Å²) in [6.07, 6.45) is 0.875. The highest BCUT2D eigenvalue weighted by atomic mass is 16.5. The van der Waals surface area contributed by atoms with Crippen LogP contribution in [0.5, 0.6) is 11.5 Å². The van der Waals surface area contributed by atoms with E-state index in [0.717, 1.165) is 23.5 Å². The minimum absolute atomic E-state index is 0.162. The summed E-state index contributed by atoms with van der Waals surface area (Å²) >= 11 is 0. The van der Waals surface area contributed by atoms with Crippen LogP contribution < -0.4 is 10.5 Å². The number of nitrogens with two attached hydrogens (primary N) is 1. The third-order valence-electron chi connectivity index (χ3n) is 3.63. The van der Waals surface area contributed by atoms with Crippen LogP contribution in [0.3, 0.4) is 0 Å². The molecule has 0 saturated carbocycles.